The van der Waals surface area contributed by atoms with E-state index in [1.165, 1.54) is 5.06 Å². The van der Waals surface area contributed by atoms with Crippen LogP contribution in [0.3, 0.4) is 0 Å². The second-order valence-corrected chi connectivity index (χ2v) is 4.43. The number of halogens is 1. The van der Waals surface area contributed by atoms with Gasteiger partial charge in [-0.05, 0) is 25.1 Å². The Kier molecular flexibility index (Phi) is 2.09. The standard InChI is InChI=1S/C11H10ClNO3/c1-6-4-10-13(16-6)11(14)8-5-7(12)2-3-9(8)15-10/h2-3,5-6,10H,4H2,1H3/t6-,10+/m0/s1. The lowest BCUT2D eigenvalue weighted by atomic mass is 10.1. The van der Waals surface area contributed by atoms with Gasteiger partial charge in [-0.25, -0.2) is 0 Å². The van der Waals surface area contributed by atoms with Gasteiger partial charge in [0.1, 0.15) is 5.75 Å². The Morgan fingerprint density at radius 2 is 2.31 bits per heavy atom. The molecule has 1 aromatic carbocycles. The van der Waals surface area contributed by atoms with Crippen LogP contribution in [0.1, 0.15) is 23.7 Å². The van der Waals surface area contributed by atoms with Crippen LogP contribution in [0, 0.1) is 0 Å². The maximum absolute atomic E-state index is 12.1. The Labute approximate surface area is 97.7 Å². The van der Waals surface area contributed by atoms with Crippen molar-refractivity contribution in [1.82, 2.24) is 5.06 Å². The van der Waals surface area contributed by atoms with Crippen molar-refractivity contribution in [2.75, 3.05) is 0 Å². The number of hydrogen-bond acceptors (Lipinski definition) is 3. The van der Waals surface area contributed by atoms with Crippen LogP contribution >= 0.6 is 11.6 Å². The number of nitrogens with zero attached hydrogens (tertiary/aromatic N) is 1. The topological polar surface area (TPSA) is 38.8 Å². The summed E-state index contributed by atoms with van der Waals surface area (Å²) in [5.41, 5.74) is 0.456. The summed E-state index contributed by atoms with van der Waals surface area (Å²) in [5.74, 6) is 0.395. The molecule has 0 saturated carbocycles. The summed E-state index contributed by atoms with van der Waals surface area (Å²) in [6.07, 6.45) is 0.378. The van der Waals surface area contributed by atoms with Gasteiger partial charge in [-0.3, -0.25) is 9.63 Å². The Balaban J connectivity index is 2.04. The number of benzene rings is 1. The Morgan fingerprint density at radius 3 is 3.12 bits per heavy atom. The zero-order valence-corrected chi connectivity index (χ0v) is 9.40. The highest BCUT2D eigenvalue weighted by atomic mass is 35.5. The van der Waals surface area contributed by atoms with E-state index in [2.05, 4.69) is 0 Å². The van der Waals surface area contributed by atoms with Crippen molar-refractivity contribution in [3.05, 3.63) is 28.8 Å². The molecule has 0 unspecified atom stereocenters. The smallest absolute Gasteiger partial charge is 0.284 e. The highest BCUT2D eigenvalue weighted by molar-refractivity contribution is 6.31. The average Bonchev–Trinajstić information content (AvgIpc) is 2.61. The maximum Gasteiger partial charge on any atom is 0.284 e. The normalized spacial score (nSPS) is 27.4. The van der Waals surface area contributed by atoms with Crippen LogP contribution in [-0.4, -0.2) is 23.3 Å². The van der Waals surface area contributed by atoms with Crippen LogP contribution in [0.5, 0.6) is 5.75 Å². The fourth-order valence-corrected chi connectivity index (χ4v) is 2.17. The van der Waals surface area contributed by atoms with Crippen LogP contribution in [0.15, 0.2) is 18.2 Å². The molecule has 2 aliphatic rings. The van der Waals surface area contributed by atoms with E-state index in [0.717, 1.165) is 0 Å². The van der Waals surface area contributed by atoms with Gasteiger partial charge in [0, 0.05) is 11.4 Å². The fraction of sp³-hybridized carbons (Fsp3) is 0.364. The van der Waals surface area contributed by atoms with Gasteiger partial charge in [-0.1, -0.05) is 11.6 Å². The average molecular weight is 240 g/mol. The largest absolute Gasteiger partial charge is 0.467 e. The summed E-state index contributed by atoms with van der Waals surface area (Å²) in [6.45, 7) is 1.91. The maximum atomic E-state index is 12.1. The second kappa shape index (κ2) is 3.37. The van der Waals surface area contributed by atoms with E-state index in [1.54, 1.807) is 18.2 Å². The zero-order valence-electron chi connectivity index (χ0n) is 8.64. The molecular formula is C11H10ClNO3. The van der Waals surface area contributed by atoms with Gasteiger partial charge in [0.25, 0.3) is 5.91 Å². The first-order valence-electron chi connectivity index (χ1n) is 5.11. The van der Waals surface area contributed by atoms with Gasteiger partial charge in [0.15, 0.2) is 0 Å². The minimum atomic E-state index is -0.309. The lowest BCUT2D eigenvalue weighted by Crippen LogP contribution is -2.42. The molecule has 2 atom stereocenters. The van der Waals surface area contributed by atoms with Gasteiger partial charge < -0.3 is 4.74 Å². The third-order valence-corrected chi connectivity index (χ3v) is 2.96. The van der Waals surface area contributed by atoms with Crippen LogP contribution in [-0.2, 0) is 4.84 Å². The highest BCUT2D eigenvalue weighted by Gasteiger charge is 2.41. The molecule has 3 rings (SSSR count). The third kappa shape index (κ3) is 1.37. The Hall–Kier alpha value is -1.26. The quantitative estimate of drug-likeness (QED) is 0.697. The molecule has 4 nitrogen and oxygen atoms in total. The van der Waals surface area contributed by atoms with Crippen LogP contribution in [0.4, 0.5) is 0 Å². The van der Waals surface area contributed by atoms with E-state index < -0.39 is 0 Å². The van der Waals surface area contributed by atoms with E-state index in [-0.39, 0.29) is 18.2 Å². The van der Waals surface area contributed by atoms with E-state index in [4.69, 9.17) is 21.2 Å². The van der Waals surface area contributed by atoms with Gasteiger partial charge in [0.2, 0.25) is 6.23 Å². The first-order chi connectivity index (χ1) is 7.65. The number of amides is 1. The molecule has 0 bridgehead atoms. The van der Waals surface area contributed by atoms with Crippen molar-refractivity contribution in [1.29, 1.82) is 0 Å². The SMILES string of the molecule is C[C@H]1C[C@H]2Oc3ccc(Cl)cc3C(=O)N2O1. The fourth-order valence-electron chi connectivity index (χ4n) is 2.00. The second-order valence-electron chi connectivity index (χ2n) is 4.00. The van der Waals surface area contributed by atoms with Crippen LogP contribution < -0.4 is 4.74 Å². The minimum Gasteiger partial charge on any atom is -0.467 e. The van der Waals surface area contributed by atoms with E-state index in [0.29, 0.717) is 22.8 Å². The van der Waals surface area contributed by atoms with Crippen molar-refractivity contribution in [2.45, 2.75) is 25.7 Å². The summed E-state index contributed by atoms with van der Waals surface area (Å²) >= 11 is 5.85. The first kappa shape index (κ1) is 9.93. The number of rotatable bonds is 0. The van der Waals surface area contributed by atoms with Crippen molar-refractivity contribution >= 4 is 17.5 Å². The molecule has 1 amide bonds. The predicted octanol–water partition coefficient (Wildman–Crippen LogP) is 2.22. The summed E-state index contributed by atoms with van der Waals surface area (Å²) in [6, 6.07) is 5.03. The third-order valence-electron chi connectivity index (χ3n) is 2.72. The van der Waals surface area contributed by atoms with Gasteiger partial charge in [0.05, 0.1) is 11.7 Å². The monoisotopic (exact) mass is 239 g/mol. The van der Waals surface area contributed by atoms with Gasteiger partial charge in [-0.15, -0.1) is 0 Å². The number of fused-ring (bicyclic) bond motifs is 2. The van der Waals surface area contributed by atoms with Crippen molar-refractivity contribution in [3.8, 4) is 5.75 Å². The van der Waals surface area contributed by atoms with Gasteiger partial charge >= 0.3 is 0 Å². The molecule has 0 N–H and O–H groups in total. The number of hydrogen-bond donors (Lipinski definition) is 0. The molecular weight excluding hydrogens is 230 g/mol. The molecule has 2 heterocycles. The lowest BCUT2D eigenvalue weighted by Gasteiger charge is -2.29. The molecule has 0 spiro atoms. The molecule has 1 fully saturated rings. The molecule has 1 saturated heterocycles. The molecule has 0 aliphatic carbocycles. The molecule has 16 heavy (non-hydrogen) atoms. The zero-order chi connectivity index (χ0) is 11.3. The van der Waals surface area contributed by atoms with Crippen LogP contribution in [0.2, 0.25) is 5.02 Å². The molecule has 0 radical (unpaired) electrons. The van der Waals surface area contributed by atoms with Crippen molar-refractivity contribution < 1.29 is 14.4 Å². The summed E-state index contributed by atoms with van der Waals surface area (Å²) in [4.78, 5) is 17.4. The first-order valence-corrected chi connectivity index (χ1v) is 5.49. The number of carbonyl (C=O) groups is 1. The molecule has 1 aromatic rings. The minimum absolute atomic E-state index is 0.00117. The lowest BCUT2D eigenvalue weighted by molar-refractivity contribution is -0.158. The summed E-state index contributed by atoms with van der Waals surface area (Å²) in [7, 11) is 0. The Bertz CT molecular complexity index is 463. The number of hydroxylamine groups is 2. The highest BCUT2D eigenvalue weighted by Crippen LogP contribution is 2.35. The van der Waals surface area contributed by atoms with E-state index in [9.17, 15) is 4.79 Å². The van der Waals surface area contributed by atoms with Crippen molar-refractivity contribution in [3.63, 3.8) is 0 Å². The number of carbonyl (C=O) groups excluding carboxylic acids is 1. The summed E-state index contributed by atoms with van der Waals surface area (Å²) < 4.78 is 5.67. The molecule has 5 heteroatoms. The van der Waals surface area contributed by atoms with E-state index in [1.807, 2.05) is 6.92 Å². The van der Waals surface area contributed by atoms with E-state index >= 15 is 0 Å². The Morgan fingerprint density at radius 1 is 1.50 bits per heavy atom. The molecule has 2 aliphatic heterocycles. The van der Waals surface area contributed by atoms with Crippen LogP contribution in [0.25, 0.3) is 0 Å². The molecule has 0 aromatic heterocycles. The van der Waals surface area contributed by atoms with Gasteiger partial charge in [-0.2, -0.15) is 5.06 Å². The summed E-state index contributed by atoms with van der Waals surface area (Å²) in [5, 5.41) is 1.81. The van der Waals surface area contributed by atoms with Crippen molar-refractivity contribution in [2.24, 2.45) is 0 Å². The number of ether oxygens (including phenoxy) is 1. The predicted molar refractivity (Wildman–Crippen MR) is 57.2 cm³/mol. The molecule has 84 valence electrons.